The number of aromatic nitrogens is 3. The highest BCUT2D eigenvalue weighted by Gasteiger charge is 2.32. The summed E-state index contributed by atoms with van der Waals surface area (Å²) < 4.78 is 5.84. The molecule has 4 heterocycles. The first kappa shape index (κ1) is 21.6. The van der Waals surface area contributed by atoms with E-state index in [9.17, 15) is 9.59 Å². The van der Waals surface area contributed by atoms with Gasteiger partial charge in [-0.15, -0.1) is 0 Å². The van der Waals surface area contributed by atoms with Gasteiger partial charge >= 0.3 is 0 Å². The minimum absolute atomic E-state index is 0.0299. The number of H-pyrrole nitrogens is 1. The summed E-state index contributed by atoms with van der Waals surface area (Å²) in [6.45, 7) is 3.31. The van der Waals surface area contributed by atoms with Crippen LogP contribution < -0.4 is 10.5 Å². The lowest BCUT2D eigenvalue weighted by Crippen LogP contribution is -2.51. The lowest BCUT2D eigenvalue weighted by Gasteiger charge is -2.35. The van der Waals surface area contributed by atoms with Gasteiger partial charge in [-0.2, -0.15) is 20.6 Å². The standard InChI is InChI=1S/C23H22N8O3/c24-12-15-3-4-17-20(10-15)34-23(26-17)30-8-6-29(7-9-30)21(32)14-31-5-1-2-19(31)18-11-16(13-25)22(33)28-27-18/h3-4,10-11,19H,1-2,5-9,14H2,(H,28,33). The smallest absolute Gasteiger partial charge is 0.298 e. The number of hydrogen-bond acceptors (Lipinski definition) is 9. The summed E-state index contributed by atoms with van der Waals surface area (Å²) in [5.74, 6) is 0.0349. The summed E-state index contributed by atoms with van der Waals surface area (Å²) in [5.41, 5.74) is 1.93. The molecule has 0 aliphatic carbocycles. The third kappa shape index (κ3) is 4.09. The largest absolute Gasteiger partial charge is 0.423 e. The van der Waals surface area contributed by atoms with Crippen molar-refractivity contribution in [2.24, 2.45) is 0 Å². The Balaban J connectivity index is 1.21. The Bertz CT molecular complexity index is 1370. The first-order valence-corrected chi connectivity index (χ1v) is 11.1. The van der Waals surface area contributed by atoms with Crippen LogP contribution in [0.15, 0.2) is 33.5 Å². The molecule has 5 rings (SSSR count). The number of oxazole rings is 1. The number of anilines is 1. The van der Waals surface area contributed by atoms with Gasteiger partial charge in [0.25, 0.3) is 11.6 Å². The predicted molar refractivity (Wildman–Crippen MR) is 121 cm³/mol. The van der Waals surface area contributed by atoms with Gasteiger partial charge in [-0.25, -0.2) is 5.10 Å². The minimum atomic E-state index is -0.505. The third-order valence-electron chi connectivity index (χ3n) is 6.40. The van der Waals surface area contributed by atoms with Crippen LogP contribution in [0.2, 0.25) is 0 Å². The molecule has 0 saturated carbocycles. The molecule has 2 saturated heterocycles. The molecule has 1 aromatic carbocycles. The lowest BCUT2D eigenvalue weighted by atomic mass is 10.1. The Hall–Kier alpha value is -4.22. The van der Waals surface area contributed by atoms with Crippen LogP contribution in [-0.4, -0.2) is 70.2 Å². The fourth-order valence-corrected chi connectivity index (χ4v) is 4.56. The first-order valence-electron chi connectivity index (χ1n) is 11.1. The summed E-state index contributed by atoms with van der Waals surface area (Å²) in [6.07, 6.45) is 1.73. The summed E-state index contributed by atoms with van der Waals surface area (Å²) >= 11 is 0. The monoisotopic (exact) mass is 458 g/mol. The topological polar surface area (TPSA) is 146 Å². The first-order chi connectivity index (χ1) is 16.6. The average molecular weight is 458 g/mol. The van der Waals surface area contributed by atoms with Crippen LogP contribution in [0.4, 0.5) is 6.01 Å². The number of nitriles is 2. The molecule has 1 atom stereocenters. The number of carbonyl (C=O) groups excluding carboxylic acids is 1. The van der Waals surface area contributed by atoms with E-state index in [2.05, 4.69) is 26.2 Å². The molecule has 0 radical (unpaired) electrons. The van der Waals surface area contributed by atoms with E-state index in [-0.39, 0.29) is 24.1 Å². The van der Waals surface area contributed by atoms with Crippen molar-refractivity contribution in [1.29, 1.82) is 10.5 Å². The zero-order chi connectivity index (χ0) is 23.7. The van der Waals surface area contributed by atoms with Crippen LogP contribution in [0.3, 0.4) is 0 Å². The van der Waals surface area contributed by atoms with E-state index in [1.54, 1.807) is 18.2 Å². The number of nitrogens with zero attached hydrogens (tertiary/aromatic N) is 7. The number of nitrogens with one attached hydrogen (secondary N) is 1. The normalized spacial score (nSPS) is 18.7. The molecule has 1 amide bonds. The van der Waals surface area contributed by atoms with E-state index < -0.39 is 5.56 Å². The molecule has 11 heteroatoms. The van der Waals surface area contributed by atoms with Gasteiger partial charge in [0.2, 0.25) is 5.91 Å². The molecule has 1 unspecified atom stereocenters. The number of likely N-dealkylation sites (tertiary alicyclic amines) is 1. The number of carbonyl (C=O) groups is 1. The van der Waals surface area contributed by atoms with E-state index in [1.807, 2.05) is 15.9 Å². The highest BCUT2D eigenvalue weighted by molar-refractivity contribution is 5.79. The van der Waals surface area contributed by atoms with Gasteiger partial charge in [-0.1, -0.05) is 0 Å². The van der Waals surface area contributed by atoms with Gasteiger partial charge in [0.15, 0.2) is 5.58 Å². The van der Waals surface area contributed by atoms with Crippen molar-refractivity contribution in [3.63, 3.8) is 0 Å². The van der Waals surface area contributed by atoms with Gasteiger partial charge in [-0.3, -0.25) is 14.5 Å². The molecule has 2 aliphatic heterocycles. The number of amides is 1. The van der Waals surface area contributed by atoms with Crippen LogP contribution in [0, 0.1) is 22.7 Å². The molecular formula is C23H22N8O3. The number of aromatic amines is 1. The Morgan fingerprint density at radius 2 is 1.97 bits per heavy atom. The van der Waals surface area contributed by atoms with E-state index in [0.29, 0.717) is 54.6 Å². The number of piperazine rings is 1. The molecule has 2 aromatic heterocycles. The number of benzene rings is 1. The molecule has 11 nitrogen and oxygen atoms in total. The van der Waals surface area contributed by atoms with Gasteiger partial charge in [0, 0.05) is 32.2 Å². The van der Waals surface area contributed by atoms with E-state index in [1.165, 1.54) is 6.07 Å². The molecule has 1 N–H and O–H groups in total. The summed E-state index contributed by atoms with van der Waals surface area (Å²) in [7, 11) is 0. The molecule has 2 aliphatic rings. The summed E-state index contributed by atoms with van der Waals surface area (Å²) in [6, 6.07) is 11.0. The van der Waals surface area contributed by atoms with Crippen molar-refractivity contribution in [3.8, 4) is 12.1 Å². The molecule has 0 bridgehead atoms. The Morgan fingerprint density at radius 3 is 2.74 bits per heavy atom. The molecule has 2 fully saturated rings. The third-order valence-corrected chi connectivity index (χ3v) is 6.40. The summed E-state index contributed by atoms with van der Waals surface area (Å²) in [4.78, 5) is 35.1. The van der Waals surface area contributed by atoms with Gasteiger partial charge in [0.05, 0.1) is 29.9 Å². The van der Waals surface area contributed by atoms with Crippen molar-refractivity contribution in [3.05, 3.63) is 51.4 Å². The molecule has 3 aromatic rings. The zero-order valence-corrected chi connectivity index (χ0v) is 18.4. The van der Waals surface area contributed by atoms with Gasteiger partial charge in [0.1, 0.15) is 17.1 Å². The molecule has 0 spiro atoms. The van der Waals surface area contributed by atoms with Crippen molar-refractivity contribution in [1.82, 2.24) is 25.0 Å². The van der Waals surface area contributed by atoms with E-state index >= 15 is 0 Å². The Labute approximate surface area is 194 Å². The van der Waals surface area contributed by atoms with Crippen LogP contribution in [0.5, 0.6) is 0 Å². The Morgan fingerprint density at radius 1 is 1.15 bits per heavy atom. The van der Waals surface area contributed by atoms with Crippen molar-refractivity contribution in [2.75, 3.05) is 44.2 Å². The molecule has 172 valence electrons. The fraction of sp³-hybridized carbons (Fsp3) is 0.391. The average Bonchev–Trinajstić information content (AvgIpc) is 3.51. The summed E-state index contributed by atoms with van der Waals surface area (Å²) in [5, 5.41) is 24.7. The second-order valence-electron chi connectivity index (χ2n) is 8.43. The van der Waals surface area contributed by atoms with Gasteiger partial charge in [-0.05, 0) is 37.6 Å². The quantitative estimate of drug-likeness (QED) is 0.608. The molecular weight excluding hydrogens is 436 g/mol. The maximum absolute atomic E-state index is 13.0. The number of rotatable bonds is 4. The SMILES string of the molecule is N#Cc1ccc2nc(N3CCN(C(=O)CN4CCCC4c4cc(C#N)c(=O)[nH]n4)CC3)oc2c1. The predicted octanol–water partition coefficient (Wildman–Crippen LogP) is 1.14. The maximum atomic E-state index is 13.0. The fourth-order valence-electron chi connectivity index (χ4n) is 4.56. The second-order valence-corrected chi connectivity index (χ2v) is 8.43. The van der Waals surface area contributed by atoms with Crippen LogP contribution >= 0.6 is 0 Å². The van der Waals surface area contributed by atoms with E-state index in [4.69, 9.17) is 14.9 Å². The number of hydrogen-bond donors (Lipinski definition) is 1. The lowest BCUT2D eigenvalue weighted by molar-refractivity contribution is -0.133. The second kappa shape index (κ2) is 8.96. The van der Waals surface area contributed by atoms with Crippen molar-refractivity contribution >= 4 is 23.0 Å². The van der Waals surface area contributed by atoms with Crippen molar-refractivity contribution in [2.45, 2.75) is 18.9 Å². The Kier molecular flexibility index (Phi) is 5.70. The number of fused-ring (bicyclic) bond motifs is 1. The van der Waals surface area contributed by atoms with Crippen LogP contribution in [0.1, 0.15) is 35.7 Å². The van der Waals surface area contributed by atoms with Crippen molar-refractivity contribution < 1.29 is 9.21 Å². The maximum Gasteiger partial charge on any atom is 0.298 e. The molecule has 34 heavy (non-hydrogen) atoms. The van der Waals surface area contributed by atoms with Crippen LogP contribution in [0.25, 0.3) is 11.1 Å². The minimum Gasteiger partial charge on any atom is -0.423 e. The van der Waals surface area contributed by atoms with Gasteiger partial charge < -0.3 is 14.2 Å². The highest BCUT2D eigenvalue weighted by atomic mass is 16.4. The van der Waals surface area contributed by atoms with Crippen LogP contribution in [-0.2, 0) is 4.79 Å². The zero-order valence-electron chi connectivity index (χ0n) is 18.4. The highest BCUT2D eigenvalue weighted by Crippen LogP contribution is 2.30. The van der Waals surface area contributed by atoms with E-state index in [0.717, 1.165) is 19.4 Å².